The van der Waals surface area contributed by atoms with E-state index in [1.807, 2.05) is 6.07 Å². The Hall–Kier alpha value is -1.30. The molecule has 0 saturated carbocycles. The zero-order chi connectivity index (χ0) is 6.95. The van der Waals surface area contributed by atoms with Gasteiger partial charge >= 0.3 is 0 Å². The highest BCUT2D eigenvalue weighted by Crippen LogP contribution is 1.65. The molecule has 3 nitrogen and oxygen atoms in total. The largest absolute Gasteiger partial charge is 0.307 e. The molecule has 0 unspecified atom stereocenters. The standard InChI is InChI=1S/C6H9N3/c1-2-5-8-9-6-3-4-7/h2,6,8H,1,3,5H2. The van der Waals surface area contributed by atoms with Crippen molar-refractivity contribution in [2.24, 2.45) is 5.10 Å². The van der Waals surface area contributed by atoms with E-state index in [4.69, 9.17) is 5.26 Å². The normalized spacial score (nSPS) is 8.78. The van der Waals surface area contributed by atoms with E-state index < -0.39 is 0 Å². The van der Waals surface area contributed by atoms with Crippen LogP contribution in [0.15, 0.2) is 17.8 Å². The van der Waals surface area contributed by atoms with Crippen molar-refractivity contribution < 1.29 is 0 Å². The summed E-state index contributed by atoms with van der Waals surface area (Å²) in [5.74, 6) is 0. The van der Waals surface area contributed by atoms with Gasteiger partial charge in [0, 0.05) is 6.21 Å². The second kappa shape index (κ2) is 6.70. The number of nitriles is 1. The van der Waals surface area contributed by atoms with Gasteiger partial charge in [-0.15, -0.1) is 6.58 Å². The molecule has 9 heavy (non-hydrogen) atoms. The van der Waals surface area contributed by atoms with E-state index in [9.17, 15) is 0 Å². The highest BCUT2D eigenvalue weighted by atomic mass is 15.3. The van der Waals surface area contributed by atoms with E-state index in [2.05, 4.69) is 17.1 Å². The first-order chi connectivity index (χ1) is 4.41. The summed E-state index contributed by atoms with van der Waals surface area (Å²) < 4.78 is 0. The maximum absolute atomic E-state index is 8.03. The van der Waals surface area contributed by atoms with Gasteiger partial charge in [0.2, 0.25) is 0 Å². The van der Waals surface area contributed by atoms with Crippen molar-refractivity contribution in [1.29, 1.82) is 5.26 Å². The topological polar surface area (TPSA) is 48.2 Å². The molecule has 0 radical (unpaired) electrons. The SMILES string of the molecule is C=CCNN=CCC#N. The van der Waals surface area contributed by atoms with Crippen LogP contribution in [0.5, 0.6) is 0 Å². The molecule has 0 aromatic heterocycles. The van der Waals surface area contributed by atoms with Gasteiger partial charge in [-0.05, 0) is 0 Å². The van der Waals surface area contributed by atoms with Crippen LogP contribution in [0.1, 0.15) is 6.42 Å². The molecule has 0 rings (SSSR count). The Bertz CT molecular complexity index is 132. The monoisotopic (exact) mass is 123 g/mol. The first-order valence-electron chi connectivity index (χ1n) is 2.64. The fraction of sp³-hybridized carbons (Fsp3) is 0.333. The van der Waals surface area contributed by atoms with Crippen LogP contribution in [0.4, 0.5) is 0 Å². The number of hydrazone groups is 1. The summed E-state index contributed by atoms with van der Waals surface area (Å²) in [6.45, 7) is 4.12. The molecule has 0 aliphatic carbocycles. The van der Waals surface area contributed by atoms with Crippen LogP contribution in [0.2, 0.25) is 0 Å². The van der Waals surface area contributed by atoms with E-state index in [0.29, 0.717) is 13.0 Å². The zero-order valence-corrected chi connectivity index (χ0v) is 5.17. The summed E-state index contributed by atoms with van der Waals surface area (Å²) in [4.78, 5) is 0. The molecule has 0 aromatic carbocycles. The van der Waals surface area contributed by atoms with E-state index in [-0.39, 0.29) is 0 Å². The van der Waals surface area contributed by atoms with Crippen LogP contribution >= 0.6 is 0 Å². The van der Waals surface area contributed by atoms with Crippen molar-refractivity contribution in [3.05, 3.63) is 12.7 Å². The molecule has 0 aliphatic rings. The lowest BCUT2D eigenvalue weighted by Gasteiger charge is -1.88. The molecule has 0 heterocycles. The third-order valence-electron chi connectivity index (χ3n) is 0.601. The van der Waals surface area contributed by atoms with E-state index in [0.717, 1.165) is 0 Å². The molecule has 0 atom stereocenters. The summed E-state index contributed by atoms with van der Waals surface area (Å²) in [6.07, 6.45) is 3.57. The Morgan fingerprint density at radius 1 is 1.78 bits per heavy atom. The molecule has 1 N–H and O–H groups in total. The van der Waals surface area contributed by atoms with Crippen molar-refractivity contribution in [3.63, 3.8) is 0 Å². The van der Waals surface area contributed by atoms with Crippen LogP contribution in [-0.2, 0) is 0 Å². The van der Waals surface area contributed by atoms with E-state index >= 15 is 0 Å². The third-order valence-corrected chi connectivity index (χ3v) is 0.601. The fourth-order valence-electron chi connectivity index (χ4n) is 0.268. The van der Waals surface area contributed by atoms with Crippen molar-refractivity contribution in [3.8, 4) is 6.07 Å². The highest BCUT2D eigenvalue weighted by molar-refractivity contribution is 5.59. The average molecular weight is 123 g/mol. The van der Waals surface area contributed by atoms with Crippen molar-refractivity contribution in [2.45, 2.75) is 6.42 Å². The molecule has 0 bridgehead atoms. The minimum Gasteiger partial charge on any atom is -0.307 e. The second-order valence-electron chi connectivity index (χ2n) is 1.32. The maximum Gasteiger partial charge on any atom is 0.0722 e. The van der Waals surface area contributed by atoms with Crippen LogP contribution < -0.4 is 5.43 Å². The van der Waals surface area contributed by atoms with Gasteiger partial charge in [-0.2, -0.15) is 10.4 Å². The van der Waals surface area contributed by atoms with Gasteiger partial charge in [0.05, 0.1) is 19.0 Å². The average Bonchev–Trinajstić information content (AvgIpc) is 1.89. The first kappa shape index (κ1) is 7.70. The maximum atomic E-state index is 8.03. The molecule has 48 valence electrons. The third kappa shape index (κ3) is 6.70. The van der Waals surface area contributed by atoms with Crippen molar-refractivity contribution in [1.82, 2.24) is 5.43 Å². The lowest BCUT2D eigenvalue weighted by molar-refractivity contribution is 0.829. The Labute approximate surface area is 54.7 Å². The van der Waals surface area contributed by atoms with Crippen LogP contribution in [0.25, 0.3) is 0 Å². The van der Waals surface area contributed by atoms with Crippen LogP contribution in [0, 0.1) is 11.3 Å². The fourth-order valence-corrected chi connectivity index (χ4v) is 0.268. The van der Waals surface area contributed by atoms with Gasteiger partial charge in [-0.1, -0.05) is 6.08 Å². The van der Waals surface area contributed by atoms with Gasteiger partial charge in [0.25, 0.3) is 0 Å². The lowest BCUT2D eigenvalue weighted by Crippen LogP contribution is -2.03. The van der Waals surface area contributed by atoms with Crippen LogP contribution in [-0.4, -0.2) is 12.8 Å². The predicted octanol–water partition coefficient (Wildman–Crippen LogP) is 0.661. The van der Waals surface area contributed by atoms with Gasteiger partial charge in [-0.3, -0.25) is 0 Å². The summed E-state index contributed by atoms with van der Waals surface area (Å²) in [5, 5.41) is 11.7. The zero-order valence-electron chi connectivity index (χ0n) is 5.17. The van der Waals surface area contributed by atoms with Crippen LogP contribution in [0.3, 0.4) is 0 Å². The summed E-state index contributed by atoms with van der Waals surface area (Å²) >= 11 is 0. The number of nitrogens with one attached hydrogen (secondary N) is 1. The van der Waals surface area contributed by atoms with Crippen molar-refractivity contribution in [2.75, 3.05) is 6.54 Å². The lowest BCUT2D eigenvalue weighted by atomic mass is 10.5. The van der Waals surface area contributed by atoms with Gasteiger partial charge in [0.15, 0.2) is 0 Å². The Kier molecular flexibility index (Phi) is 5.73. The summed E-state index contributed by atoms with van der Waals surface area (Å²) in [7, 11) is 0. The van der Waals surface area contributed by atoms with Gasteiger partial charge in [-0.25, -0.2) is 0 Å². The second-order valence-corrected chi connectivity index (χ2v) is 1.32. The Morgan fingerprint density at radius 2 is 2.56 bits per heavy atom. The van der Waals surface area contributed by atoms with Crippen molar-refractivity contribution >= 4 is 6.21 Å². The molecular formula is C6H9N3. The highest BCUT2D eigenvalue weighted by Gasteiger charge is 1.70. The predicted molar refractivity (Wildman–Crippen MR) is 36.9 cm³/mol. The molecule has 0 aliphatic heterocycles. The van der Waals surface area contributed by atoms with E-state index in [1.165, 1.54) is 6.21 Å². The van der Waals surface area contributed by atoms with E-state index in [1.54, 1.807) is 6.08 Å². The summed E-state index contributed by atoms with van der Waals surface area (Å²) in [6, 6.07) is 1.93. The molecule has 0 fully saturated rings. The molecular weight excluding hydrogens is 114 g/mol. The quantitative estimate of drug-likeness (QED) is 0.258. The van der Waals surface area contributed by atoms with Gasteiger partial charge in [0.1, 0.15) is 0 Å². The number of rotatable bonds is 4. The first-order valence-corrected chi connectivity index (χ1v) is 2.64. The summed E-state index contributed by atoms with van der Waals surface area (Å²) in [5.41, 5.74) is 2.67. The molecule has 0 spiro atoms. The number of hydrogen-bond donors (Lipinski definition) is 1. The Morgan fingerprint density at radius 3 is 3.11 bits per heavy atom. The Balaban J connectivity index is 3.06. The molecule has 0 saturated heterocycles. The number of nitrogens with zero attached hydrogens (tertiary/aromatic N) is 2. The number of hydrogen-bond acceptors (Lipinski definition) is 3. The molecule has 0 aromatic rings. The minimum atomic E-state index is 0.351. The van der Waals surface area contributed by atoms with Gasteiger partial charge < -0.3 is 5.43 Å². The minimum absolute atomic E-state index is 0.351. The molecule has 3 heteroatoms. The smallest absolute Gasteiger partial charge is 0.0722 e. The molecule has 0 amide bonds.